The van der Waals surface area contributed by atoms with Gasteiger partial charge < -0.3 is 10.3 Å². The van der Waals surface area contributed by atoms with Crippen molar-refractivity contribution in [1.82, 2.24) is 35.5 Å². The van der Waals surface area contributed by atoms with Crippen LogP contribution in [-0.2, 0) is 0 Å². The molecule has 9 heteroatoms. The Morgan fingerprint density at radius 1 is 1.25 bits per heavy atom. The van der Waals surface area contributed by atoms with Crippen LogP contribution in [0.25, 0.3) is 16.7 Å². The van der Waals surface area contributed by atoms with Gasteiger partial charge in [0.1, 0.15) is 12.2 Å². The number of rotatable bonds is 7. The van der Waals surface area contributed by atoms with Crippen LogP contribution >= 0.6 is 11.8 Å². The predicted molar refractivity (Wildman–Crippen MR) is 108 cm³/mol. The van der Waals surface area contributed by atoms with Crippen LogP contribution in [0.1, 0.15) is 28.6 Å². The van der Waals surface area contributed by atoms with E-state index in [1.165, 1.54) is 11.0 Å². The van der Waals surface area contributed by atoms with Crippen molar-refractivity contribution in [1.29, 1.82) is 0 Å². The lowest BCUT2D eigenvalue weighted by atomic mass is 10.1. The van der Waals surface area contributed by atoms with Gasteiger partial charge in [0, 0.05) is 5.56 Å². The number of aromatic amines is 1. The van der Waals surface area contributed by atoms with Crippen LogP contribution in [0, 0.1) is 0 Å². The highest BCUT2D eigenvalue weighted by molar-refractivity contribution is 7.98. The van der Waals surface area contributed by atoms with Gasteiger partial charge >= 0.3 is 0 Å². The number of fused-ring (bicyclic) bond motifs is 1. The zero-order chi connectivity index (χ0) is 19.3. The van der Waals surface area contributed by atoms with Crippen molar-refractivity contribution in [2.45, 2.75) is 12.5 Å². The Hall–Kier alpha value is -3.20. The number of thioether (sulfide) groups is 1. The molecular formula is C19H19N7OS. The topological polar surface area (TPSA) is 101 Å². The third kappa shape index (κ3) is 3.89. The molecule has 2 N–H and O–H groups in total. The first kappa shape index (κ1) is 18.2. The molecule has 2 aromatic carbocycles. The van der Waals surface area contributed by atoms with E-state index in [0.717, 1.165) is 34.7 Å². The van der Waals surface area contributed by atoms with E-state index in [0.29, 0.717) is 5.56 Å². The number of hydrogen-bond donors (Lipinski definition) is 2. The van der Waals surface area contributed by atoms with Crippen molar-refractivity contribution in [3.63, 3.8) is 0 Å². The predicted octanol–water partition coefficient (Wildman–Crippen LogP) is 2.76. The first-order valence-electron chi connectivity index (χ1n) is 8.82. The lowest BCUT2D eigenvalue weighted by molar-refractivity contribution is 0.0934. The van der Waals surface area contributed by atoms with E-state index in [1.54, 1.807) is 23.9 Å². The molecule has 0 aliphatic heterocycles. The standard InChI is InChI=1S/C19H19N7OS/c1-28-10-9-17(18-21-15-7-2-3-8-16(15)22-18)23-19(27)13-5-4-6-14(11-13)26-12-20-24-25-26/h2-8,11-12,17H,9-10H2,1H3,(H,21,22)(H,23,27). The maximum Gasteiger partial charge on any atom is 0.251 e. The number of hydrogen-bond acceptors (Lipinski definition) is 6. The summed E-state index contributed by atoms with van der Waals surface area (Å²) in [6.45, 7) is 0. The molecule has 28 heavy (non-hydrogen) atoms. The number of H-pyrrole nitrogens is 1. The number of nitrogens with zero attached hydrogens (tertiary/aromatic N) is 5. The number of para-hydroxylation sites is 2. The van der Waals surface area contributed by atoms with Gasteiger partial charge in [-0.15, -0.1) is 5.10 Å². The Bertz CT molecular complexity index is 1040. The van der Waals surface area contributed by atoms with Crippen LogP contribution in [-0.4, -0.2) is 48.1 Å². The maximum atomic E-state index is 12.9. The summed E-state index contributed by atoms with van der Waals surface area (Å²) in [5, 5.41) is 14.2. The van der Waals surface area contributed by atoms with Gasteiger partial charge in [0.15, 0.2) is 0 Å². The molecule has 0 saturated heterocycles. The third-order valence-electron chi connectivity index (χ3n) is 4.38. The van der Waals surface area contributed by atoms with Gasteiger partial charge in [-0.3, -0.25) is 4.79 Å². The molecule has 8 nitrogen and oxygen atoms in total. The van der Waals surface area contributed by atoms with Crippen molar-refractivity contribution in [3.05, 3.63) is 66.2 Å². The van der Waals surface area contributed by atoms with Crippen LogP contribution in [0.2, 0.25) is 0 Å². The smallest absolute Gasteiger partial charge is 0.251 e. The van der Waals surface area contributed by atoms with E-state index in [1.807, 2.05) is 42.7 Å². The molecular weight excluding hydrogens is 374 g/mol. The normalized spacial score (nSPS) is 12.2. The minimum Gasteiger partial charge on any atom is -0.342 e. The van der Waals surface area contributed by atoms with Gasteiger partial charge in [-0.1, -0.05) is 18.2 Å². The summed E-state index contributed by atoms with van der Waals surface area (Å²) in [6.07, 6.45) is 4.32. The molecule has 1 amide bonds. The number of tetrazole rings is 1. The fraction of sp³-hybridized carbons (Fsp3) is 0.211. The van der Waals surface area contributed by atoms with Crippen molar-refractivity contribution in [3.8, 4) is 5.69 Å². The quantitative estimate of drug-likeness (QED) is 0.501. The summed E-state index contributed by atoms with van der Waals surface area (Å²) in [7, 11) is 0. The van der Waals surface area contributed by atoms with E-state index in [-0.39, 0.29) is 11.9 Å². The van der Waals surface area contributed by atoms with Crippen LogP contribution in [0.3, 0.4) is 0 Å². The van der Waals surface area contributed by atoms with Crippen molar-refractivity contribution in [2.24, 2.45) is 0 Å². The lowest BCUT2D eigenvalue weighted by Crippen LogP contribution is -2.29. The number of aromatic nitrogens is 6. The van der Waals surface area contributed by atoms with Crippen molar-refractivity contribution in [2.75, 3.05) is 12.0 Å². The van der Waals surface area contributed by atoms with Crippen molar-refractivity contribution >= 4 is 28.7 Å². The highest BCUT2D eigenvalue weighted by atomic mass is 32.2. The zero-order valence-electron chi connectivity index (χ0n) is 15.2. The molecule has 0 bridgehead atoms. The van der Waals surface area contributed by atoms with Gasteiger partial charge in [0.05, 0.1) is 22.8 Å². The molecule has 0 aliphatic rings. The minimum atomic E-state index is -0.205. The number of nitrogens with one attached hydrogen (secondary N) is 2. The molecule has 0 saturated carbocycles. The van der Waals surface area contributed by atoms with Gasteiger partial charge in [0.25, 0.3) is 5.91 Å². The van der Waals surface area contributed by atoms with Crippen molar-refractivity contribution < 1.29 is 4.79 Å². The summed E-state index contributed by atoms with van der Waals surface area (Å²) < 4.78 is 1.52. The Labute approximate surface area is 165 Å². The van der Waals surface area contributed by atoms with Crippen LogP contribution < -0.4 is 5.32 Å². The molecule has 0 aliphatic carbocycles. The zero-order valence-corrected chi connectivity index (χ0v) is 16.1. The summed E-state index contributed by atoms with van der Waals surface area (Å²) in [5.74, 6) is 1.51. The van der Waals surface area contributed by atoms with E-state index in [9.17, 15) is 4.79 Å². The highest BCUT2D eigenvalue weighted by Gasteiger charge is 2.19. The monoisotopic (exact) mass is 393 g/mol. The Morgan fingerprint density at radius 2 is 2.14 bits per heavy atom. The molecule has 4 aromatic rings. The highest BCUT2D eigenvalue weighted by Crippen LogP contribution is 2.21. The molecule has 2 heterocycles. The number of benzene rings is 2. The molecule has 1 atom stereocenters. The number of imidazole rings is 1. The van der Waals surface area contributed by atoms with Gasteiger partial charge in [0.2, 0.25) is 0 Å². The minimum absolute atomic E-state index is 0.165. The Morgan fingerprint density at radius 3 is 2.93 bits per heavy atom. The van der Waals surface area contributed by atoms with E-state index >= 15 is 0 Å². The van der Waals surface area contributed by atoms with E-state index in [4.69, 9.17) is 0 Å². The number of carbonyl (C=O) groups is 1. The van der Waals surface area contributed by atoms with Crippen LogP contribution in [0.15, 0.2) is 54.9 Å². The molecule has 4 rings (SSSR count). The average Bonchev–Trinajstić information content (AvgIpc) is 3.41. The Balaban J connectivity index is 1.58. The molecule has 0 fully saturated rings. The molecule has 0 radical (unpaired) electrons. The molecule has 2 aromatic heterocycles. The second kappa shape index (κ2) is 8.22. The fourth-order valence-electron chi connectivity index (χ4n) is 2.96. The largest absolute Gasteiger partial charge is 0.342 e. The lowest BCUT2D eigenvalue weighted by Gasteiger charge is -2.16. The van der Waals surface area contributed by atoms with E-state index in [2.05, 4.69) is 30.8 Å². The summed E-state index contributed by atoms with van der Waals surface area (Å²) >= 11 is 1.74. The third-order valence-corrected chi connectivity index (χ3v) is 5.02. The van der Waals surface area contributed by atoms with Gasteiger partial charge in [-0.05, 0) is 59.2 Å². The molecule has 1 unspecified atom stereocenters. The first-order chi connectivity index (χ1) is 13.7. The first-order valence-corrected chi connectivity index (χ1v) is 10.2. The number of amides is 1. The SMILES string of the molecule is CSCCC(NC(=O)c1cccc(-n2cnnn2)c1)c1nc2ccccc2[nH]1. The van der Waals surface area contributed by atoms with E-state index < -0.39 is 0 Å². The maximum absolute atomic E-state index is 12.9. The average molecular weight is 393 g/mol. The summed E-state index contributed by atoms with van der Waals surface area (Å²) in [4.78, 5) is 20.9. The number of carbonyl (C=O) groups excluding carboxylic acids is 1. The van der Waals surface area contributed by atoms with Gasteiger partial charge in [-0.25, -0.2) is 9.67 Å². The second-order valence-corrected chi connectivity index (χ2v) is 7.24. The van der Waals surface area contributed by atoms with Gasteiger partial charge in [-0.2, -0.15) is 11.8 Å². The fourth-order valence-corrected chi connectivity index (χ4v) is 3.43. The summed E-state index contributed by atoms with van der Waals surface area (Å²) in [6, 6.07) is 14.8. The molecule has 0 spiro atoms. The molecule has 142 valence electrons. The summed E-state index contributed by atoms with van der Waals surface area (Å²) in [5.41, 5.74) is 3.11. The Kier molecular flexibility index (Phi) is 5.34. The van der Waals surface area contributed by atoms with Crippen LogP contribution in [0.5, 0.6) is 0 Å². The van der Waals surface area contributed by atoms with Crippen LogP contribution in [0.4, 0.5) is 0 Å². The second-order valence-electron chi connectivity index (χ2n) is 6.25.